The Bertz CT molecular complexity index is 327. The van der Waals surface area contributed by atoms with E-state index >= 15 is 0 Å². The van der Waals surface area contributed by atoms with E-state index in [0.717, 1.165) is 31.6 Å². The van der Waals surface area contributed by atoms with E-state index in [4.69, 9.17) is 5.11 Å². The second-order valence-corrected chi connectivity index (χ2v) is 4.20. The van der Waals surface area contributed by atoms with Gasteiger partial charge in [0.15, 0.2) is 0 Å². The maximum Gasteiger partial charge on any atom is 0.120 e. The predicted octanol–water partition coefficient (Wildman–Crippen LogP) is 1.21. The molecule has 1 atom stereocenters. The van der Waals surface area contributed by atoms with E-state index in [2.05, 4.69) is 4.90 Å². The maximum atomic E-state index is 9.62. The van der Waals surface area contributed by atoms with Crippen LogP contribution in [0.2, 0.25) is 0 Å². The molecule has 15 heavy (non-hydrogen) atoms. The van der Waals surface area contributed by atoms with E-state index in [0.29, 0.717) is 11.7 Å². The molecule has 1 heterocycles. The summed E-state index contributed by atoms with van der Waals surface area (Å²) in [5, 5.41) is 18.6. The van der Waals surface area contributed by atoms with Crippen molar-refractivity contribution in [2.75, 3.05) is 19.7 Å². The van der Waals surface area contributed by atoms with Crippen molar-refractivity contribution in [3.8, 4) is 5.75 Å². The SMILES string of the molecule is OC[C@@H]1CCN(Cc2ccccc2O)C1. The van der Waals surface area contributed by atoms with Crippen LogP contribution in [0.1, 0.15) is 12.0 Å². The maximum absolute atomic E-state index is 9.62. The number of rotatable bonds is 3. The molecule has 0 aliphatic carbocycles. The highest BCUT2D eigenvalue weighted by Crippen LogP contribution is 2.22. The van der Waals surface area contributed by atoms with Crippen molar-refractivity contribution in [1.29, 1.82) is 0 Å². The number of nitrogens with zero attached hydrogens (tertiary/aromatic N) is 1. The third-order valence-electron chi connectivity index (χ3n) is 3.01. The first-order chi connectivity index (χ1) is 7.29. The molecule has 2 rings (SSSR count). The van der Waals surface area contributed by atoms with Gasteiger partial charge in [0.2, 0.25) is 0 Å². The minimum atomic E-state index is 0.275. The van der Waals surface area contributed by atoms with E-state index < -0.39 is 0 Å². The Hall–Kier alpha value is -1.06. The van der Waals surface area contributed by atoms with E-state index in [1.165, 1.54) is 0 Å². The van der Waals surface area contributed by atoms with Gasteiger partial charge < -0.3 is 10.2 Å². The van der Waals surface area contributed by atoms with Gasteiger partial charge in [-0.2, -0.15) is 0 Å². The van der Waals surface area contributed by atoms with Crippen LogP contribution >= 0.6 is 0 Å². The third-order valence-corrected chi connectivity index (χ3v) is 3.01. The number of aliphatic hydroxyl groups is 1. The Morgan fingerprint density at radius 3 is 2.80 bits per heavy atom. The van der Waals surface area contributed by atoms with E-state index in [-0.39, 0.29) is 6.61 Å². The monoisotopic (exact) mass is 207 g/mol. The standard InChI is InChI=1S/C12H17NO2/c14-9-10-5-6-13(7-10)8-11-3-1-2-4-12(11)15/h1-4,10,14-15H,5-9H2/t10-/m1/s1. The van der Waals surface area contributed by atoms with Crippen molar-refractivity contribution in [3.05, 3.63) is 29.8 Å². The molecule has 2 N–H and O–H groups in total. The zero-order valence-electron chi connectivity index (χ0n) is 8.76. The fourth-order valence-corrected chi connectivity index (χ4v) is 2.09. The van der Waals surface area contributed by atoms with Crippen molar-refractivity contribution in [2.45, 2.75) is 13.0 Å². The zero-order valence-corrected chi connectivity index (χ0v) is 8.76. The smallest absolute Gasteiger partial charge is 0.120 e. The van der Waals surface area contributed by atoms with Crippen molar-refractivity contribution in [2.24, 2.45) is 5.92 Å². The molecule has 0 amide bonds. The highest BCUT2D eigenvalue weighted by molar-refractivity contribution is 5.31. The van der Waals surface area contributed by atoms with Crippen LogP contribution in [0, 0.1) is 5.92 Å². The Kier molecular flexibility index (Phi) is 3.23. The topological polar surface area (TPSA) is 43.7 Å². The molecular formula is C12H17NO2. The molecule has 0 spiro atoms. The fraction of sp³-hybridized carbons (Fsp3) is 0.500. The molecule has 82 valence electrons. The summed E-state index contributed by atoms with van der Waals surface area (Å²) in [4.78, 5) is 2.27. The van der Waals surface area contributed by atoms with Crippen LogP contribution in [0.25, 0.3) is 0 Å². The summed E-state index contributed by atoms with van der Waals surface area (Å²) in [5.74, 6) is 0.779. The summed E-state index contributed by atoms with van der Waals surface area (Å²) >= 11 is 0. The number of aliphatic hydroxyl groups excluding tert-OH is 1. The highest BCUT2D eigenvalue weighted by Gasteiger charge is 2.21. The summed E-state index contributed by atoms with van der Waals surface area (Å²) in [7, 11) is 0. The molecule has 1 saturated heterocycles. The van der Waals surface area contributed by atoms with Gasteiger partial charge in [-0.3, -0.25) is 4.90 Å². The number of phenolic OH excluding ortho intramolecular Hbond substituents is 1. The van der Waals surface area contributed by atoms with Crippen LogP contribution in [0.3, 0.4) is 0 Å². The number of benzene rings is 1. The van der Waals surface area contributed by atoms with Crippen molar-refractivity contribution >= 4 is 0 Å². The van der Waals surface area contributed by atoms with Crippen LogP contribution in [-0.4, -0.2) is 34.8 Å². The molecule has 3 nitrogen and oxygen atoms in total. The molecule has 0 aromatic heterocycles. The average Bonchev–Trinajstić information content (AvgIpc) is 2.69. The molecule has 1 aromatic rings. The molecule has 0 bridgehead atoms. The molecular weight excluding hydrogens is 190 g/mol. The van der Waals surface area contributed by atoms with Crippen LogP contribution in [0.15, 0.2) is 24.3 Å². The van der Waals surface area contributed by atoms with Gasteiger partial charge in [0.25, 0.3) is 0 Å². The summed E-state index contributed by atoms with van der Waals surface area (Å²) in [6.45, 7) is 3.00. The lowest BCUT2D eigenvalue weighted by atomic mass is 10.1. The average molecular weight is 207 g/mol. The number of hydrogen-bond acceptors (Lipinski definition) is 3. The highest BCUT2D eigenvalue weighted by atomic mass is 16.3. The lowest BCUT2D eigenvalue weighted by Crippen LogP contribution is -2.20. The van der Waals surface area contributed by atoms with Crippen molar-refractivity contribution < 1.29 is 10.2 Å². The van der Waals surface area contributed by atoms with Crippen LogP contribution in [0.4, 0.5) is 0 Å². The molecule has 3 heteroatoms. The summed E-state index contributed by atoms with van der Waals surface area (Å²) in [6.07, 6.45) is 1.06. The second-order valence-electron chi connectivity index (χ2n) is 4.20. The first-order valence-corrected chi connectivity index (χ1v) is 5.39. The van der Waals surface area contributed by atoms with Gasteiger partial charge in [-0.05, 0) is 24.9 Å². The number of likely N-dealkylation sites (tertiary alicyclic amines) is 1. The van der Waals surface area contributed by atoms with E-state index in [9.17, 15) is 5.11 Å². The van der Waals surface area contributed by atoms with Crippen molar-refractivity contribution in [1.82, 2.24) is 4.90 Å². The van der Waals surface area contributed by atoms with Gasteiger partial charge in [0.1, 0.15) is 5.75 Å². The van der Waals surface area contributed by atoms with Crippen LogP contribution in [-0.2, 0) is 6.54 Å². The molecule has 1 aliphatic rings. The lowest BCUT2D eigenvalue weighted by molar-refractivity contribution is 0.219. The van der Waals surface area contributed by atoms with Gasteiger partial charge in [-0.1, -0.05) is 18.2 Å². The van der Waals surface area contributed by atoms with Crippen LogP contribution < -0.4 is 0 Å². The van der Waals surface area contributed by atoms with E-state index in [1.807, 2.05) is 18.2 Å². The third kappa shape index (κ3) is 2.49. The Morgan fingerprint density at radius 2 is 2.13 bits per heavy atom. The van der Waals surface area contributed by atoms with E-state index in [1.54, 1.807) is 6.07 Å². The first kappa shape index (κ1) is 10.5. The molecule has 0 unspecified atom stereocenters. The van der Waals surface area contributed by atoms with Gasteiger partial charge in [0.05, 0.1) is 0 Å². The van der Waals surface area contributed by atoms with Crippen molar-refractivity contribution in [3.63, 3.8) is 0 Å². The zero-order chi connectivity index (χ0) is 10.7. The van der Waals surface area contributed by atoms with Gasteiger partial charge in [0, 0.05) is 25.3 Å². The van der Waals surface area contributed by atoms with Gasteiger partial charge in [-0.15, -0.1) is 0 Å². The molecule has 1 fully saturated rings. The first-order valence-electron chi connectivity index (χ1n) is 5.39. The van der Waals surface area contributed by atoms with Crippen LogP contribution in [0.5, 0.6) is 5.75 Å². The lowest BCUT2D eigenvalue weighted by Gasteiger charge is -2.16. The minimum Gasteiger partial charge on any atom is -0.508 e. The predicted molar refractivity (Wildman–Crippen MR) is 58.6 cm³/mol. The Labute approximate surface area is 90.0 Å². The molecule has 1 aliphatic heterocycles. The minimum absolute atomic E-state index is 0.275. The Morgan fingerprint density at radius 1 is 1.33 bits per heavy atom. The normalized spacial score (nSPS) is 22.1. The molecule has 0 saturated carbocycles. The second kappa shape index (κ2) is 4.64. The molecule has 1 aromatic carbocycles. The summed E-state index contributed by atoms with van der Waals surface area (Å²) in [5.41, 5.74) is 0.969. The Balaban J connectivity index is 1.96. The number of phenols is 1. The fourth-order valence-electron chi connectivity index (χ4n) is 2.09. The quantitative estimate of drug-likeness (QED) is 0.783. The van der Waals surface area contributed by atoms with Gasteiger partial charge in [-0.25, -0.2) is 0 Å². The summed E-state index contributed by atoms with van der Waals surface area (Å²) < 4.78 is 0. The number of aromatic hydroxyl groups is 1. The number of hydrogen-bond donors (Lipinski definition) is 2. The largest absolute Gasteiger partial charge is 0.508 e. The number of para-hydroxylation sites is 1. The summed E-state index contributed by atoms with van der Waals surface area (Å²) in [6, 6.07) is 7.44. The van der Waals surface area contributed by atoms with Gasteiger partial charge >= 0.3 is 0 Å². The molecule has 0 radical (unpaired) electrons.